The Morgan fingerprint density at radius 2 is 2.24 bits per heavy atom. The van der Waals surface area contributed by atoms with Crippen LogP contribution in [0.25, 0.3) is 0 Å². The van der Waals surface area contributed by atoms with E-state index in [0.29, 0.717) is 0 Å². The lowest BCUT2D eigenvalue weighted by Crippen LogP contribution is -2.16. The van der Waals surface area contributed by atoms with E-state index >= 15 is 0 Å². The van der Waals surface area contributed by atoms with Gasteiger partial charge in [0.15, 0.2) is 0 Å². The van der Waals surface area contributed by atoms with Crippen LogP contribution < -0.4 is 5.32 Å². The normalized spacial score (nSPS) is 23.4. The number of aryl methyl sites for hydroxylation is 1. The van der Waals surface area contributed by atoms with Crippen LogP contribution in [0.15, 0.2) is 18.2 Å². The molecule has 0 aliphatic heterocycles. The van der Waals surface area contributed by atoms with Gasteiger partial charge in [-0.2, -0.15) is 5.26 Å². The van der Waals surface area contributed by atoms with E-state index in [9.17, 15) is 0 Å². The second-order valence-corrected chi connectivity index (χ2v) is 5.19. The smallest absolute Gasteiger partial charge is 0.0994 e. The zero-order valence-corrected chi connectivity index (χ0v) is 10.7. The Kier molecular flexibility index (Phi) is 3.68. The monoisotopic (exact) mass is 228 g/mol. The van der Waals surface area contributed by atoms with Gasteiger partial charge in [0, 0.05) is 12.2 Å². The van der Waals surface area contributed by atoms with Crippen molar-refractivity contribution in [2.45, 2.75) is 33.1 Å². The molecule has 0 aromatic heterocycles. The van der Waals surface area contributed by atoms with Gasteiger partial charge in [0.1, 0.15) is 0 Å². The molecule has 1 aliphatic rings. The predicted molar refractivity (Wildman–Crippen MR) is 70.9 cm³/mol. The Bertz CT molecular complexity index is 431. The van der Waals surface area contributed by atoms with Gasteiger partial charge in [0.2, 0.25) is 0 Å². The Morgan fingerprint density at radius 3 is 2.82 bits per heavy atom. The van der Waals surface area contributed by atoms with Gasteiger partial charge in [-0.05, 0) is 48.9 Å². The number of hydrogen-bond acceptors (Lipinski definition) is 2. The third-order valence-corrected chi connectivity index (χ3v) is 3.95. The van der Waals surface area contributed by atoms with Crippen molar-refractivity contribution in [3.8, 4) is 6.07 Å². The van der Waals surface area contributed by atoms with Crippen LogP contribution in [0.2, 0.25) is 0 Å². The highest BCUT2D eigenvalue weighted by atomic mass is 14.9. The number of benzene rings is 1. The van der Waals surface area contributed by atoms with E-state index in [1.165, 1.54) is 19.3 Å². The third-order valence-electron chi connectivity index (χ3n) is 3.95. The second-order valence-electron chi connectivity index (χ2n) is 5.19. The van der Waals surface area contributed by atoms with Crippen molar-refractivity contribution < 1.29 is 0 Å². The van der Waals surface area contributed by atoms with Gasteiger partial charge in [-0.3, -0.25) is 0 Å². The molecular formula is C15H20N2. The predicted octanol–water partition coefficient (Wildman–Crippen LogP) is 3.71. The number of rotatable bonds is 3. The van der Waals surface area contributed by atoms with Crippen molar-refractivity contribution in [1.29, 1.82) is 5.26 Å². The lowest BCUT2D eigenvalue weighted by atomic mass is 9.98. The number of nitrogens with one attached hydrogen (secondary N) is 1. The molecule has 0 radical (unpaired) electrons. The molecule has 90 valence electrons. The summed E-state index contributed by atoms with van der Waals surface area (Å²) in [6.07, 6.45) is 4.10. The van der Waals surface area contributed by atoms with Crippen LogP contribution >= 0.6 is 0 Å². The molecule has 1 aromatic rings. The first kappa shape index (κ1) is 12.0. The van der Waals surface area contributed by atoms with Crippen molar-refractivity contribution in [2.75, 3.05) is 11.9 Å². The first-order valence-electron chi connectivity index (χ1n) is 6.45. The highest BCUT2D eigenvalue weighted by Gasteiger charge is 2.22. The summed E-state index contributed by atoms with van der Waals surface area (Å²) in [6, 6.07) is 8.17. The number of nitriles is 1. The van der Waals surface area contributed by atoms with Crippen LogP contribution in [0.5, 0.6) is 0 Å². The fourth-order valence-corrected chi connectivity index (χ4v) is 2.67. The van der Waals surface area contributed by atoms with Crippen LogP contribution in [0.3, 0.4) is 0 Å². The zero-order chi connectivity index (χ0) is 12.3. The van der Waals surface area contributed by atoms with Crippen molar-refractivity contribution in [3.05, 3.63) is 29.3 Å². The fraction of sp³-hybridized carbons (Fsp3) is 0.533. The van der Waals surface area contributed by atoms with E-state index in [1.54, 1.807) is 0 Å². The van der Waals surface area contributed by atoms with Gasteiger partial charge in [-0.25, -0.2) is 0 Å². The van der Waals surface area contributed by atoms with Crippen molar-refractivity contribution in [1.82, 2.24) is 0 Å². The number of hydrogen-bond donors (Lipinski definition) is 1. The lowest BCUT2D eigenvalue weighted by molar-refractivity contribution is 0.439. The summed E-state index contributed by atoms with van der Waals surface area (Å²) in [4.78, 5) is 0. The fourth-order valence-electron chi connectivity index (χ4n) is 2.67. The first-order chi connectivity index (χ1) is 8.20. The van der Waals surface area contributed by atoms with E-state index in [4.69, 9.17) is 5.26 Å². The van der Waals surface area contributed by atoms with Gasteiger partial charge in [0.25, 0.3) is 0 Å². The van der Waals surface area contributed by atoms with Crippen molar-refractivity contribution in [3.63, 3.8) is 0 Å². The van der Waals surface area contributed by atoms with Gasteiger partial charge in [-0.15, -0.1) is 0 Å². The van der Waals surface area contributed by atoms with Crippen LogP contribution in [-0.2, 0) is 0 Å². The van der Waals surface area contributed by atoms with Crippen LogP contribution in [0.1, 0.15) is 37.3 Å². The van der Waals surface area contributed by atoms with Crippen LogP contribution in [0, 0.1) is 30.1 Å². The molecule has 2 heteroatoms. The molecule has 17 heavy (non-hydrogen) atoms. The maximum absolute atomic E-state index is 8.88. The molecule has 1 aliphatic carbocycles. The van der Waals surface area contributed by atoms with Gasteiger partial charge >= 0.3 is 0 Å². The summed E-state index contributed by atoms with van der Waals surface area (Å²) in [6.45, 7) is 5.40. The molecule has 1 saturated carbocycles. The van der Waals surface area contributed by atoms with E-state index < -0.39 is 0 Å². The zero-order valence-electron chi connectivity index (χ0n) is 10.7. The summed E-state index contributed by atoms with van der Waals surface area (Å²) < 4.78 is 0. The van der Waals surface area contributed by atoms with E-state index in [0.717, 1.165) is 35.2 Å². The molecule has 2 rings (SSSR count). The summed E-state index contributed by atoms with van der Waals surface area (Å²) in [5.41, 5.74) is 2.96. The molecule has 0 heterocycles. The van der Waals surface area contributed by atoms with Gasteiger partial charge in [0.05, 0.1) is 11.6 Å². The van der Waals surface area contributed by atoms with E-state index in [1.807, 2.05) is 19.1 Å². The standard InChI is InChI=1S/C15H20N2/c1-11-4-3-5-14(11)10-17-15-7-6-13(9-16)12(2)8-15/h6-8,11,14,17H,3-5,10H2,1-2H3. The number of nitrogens with zero attached hydrogens (tertiary/aromatic N) is 1. The Balaban J connectivity index is 1.95. The van der Waals surface area contributed by atoms with E-state index in [2.05, 4.69) is 24.4 Å². The molecule has 1 N–H and O–H groups in total. The minimum atomic E-state index is 0.768. The lowest BCUT2D eigenvalue weighted by Gasteiger charge is -2.17. The largest absolute Gasteiger partial charge is 0.385 e. The minimum absolute atomic E-state index is 0.768. The SMILES string of the molecule is Cc1cc(NCC2CCCC2C)ccc1C#N. The van der Waals surface area contributed by atoms with Crippen molar-refractivity contribution >= 4 is 5.69 Å². The minimum Gasteiger partial charge on any atom is -0.385 e. The molecule has 2 atom stereocenters. The highest BCUT2D eigenvalue weighted by molar-refractivity contribution is 5.51. The highest BCUT2D eigenvalue weighted by Crippen LogP contribution is 2.31. The molecule has 2 unspecified atom stereocenters. The summed E-state index contributed by atoms with van der Waals surface area (Å²) >= 11 is 0. The Morgan fingerprint density at radius 1 is 1.41 bits per heavy atom. The van der Waals surface area contributed by atoms with Gasteiger partial charge < -0.3 is 5.32 Å². The maximum Gasteiger partial charge on any atom is 0.0994 e. The maximum atomic E-state index is 8.88. The molecule has 2 nitrogen and oxygen atoms in total. The summed E-state index contributed by atoms with van der Waals surface area (Å²) in [5.74, 6) is 1.66. The molecule has 1 aromatic carbocycles. The quantitative estimate of drug-likeness (QED) is 0.856. The van der Waals surface area contributed by atoms with Gasteiger partial charge in [-0.1, -0.05) is 19.8 Å². The van der Waals surface area contributed by atoms with E-state index in [-0.39, 0.29) is 0 Å². The average Bonchev–Trinajstić information content (AvgIpc) is 2.72. The molecule has 0 amide bonds. The summed E-state index contributed by atoms with van der Waals surface area (Å²) in [5, 5.41) is 12.4. The van der Waals surface area contributed by atoms with Crippen LogP contribution in [-0.4, -0.2) is 6.54 Å². The molecule has 0 spiro atoms. The third kappa shape index (κ3) is 2.79. The Hall–Kier alpha value is -1.49. The average molecular weight is 228 g/mol. The molecule has 0 bridgehead atoms. The van der Waals surface area contributed by atoms with Crippen LogP contribution in [0.4, 0.5) is 5.69 Å². The van der Waals surface area contributed by atoms with Crippen molar-refractivity contribution in [2.24, 2.45) is 11.8 Å². The summed E-state index contributed by atoms with van der Waals surface area (Å²) in [7, 11) is 0. The molecule has 0 saturated heterocycles. The second kappa shape index (κ2) is 5.23. The molecule has 1 fully saturated rings. The first-order valence-corrected chi connectivity index (χ1v) is 6.45. The topological polar surface area (TPSA) is 35.8 Å². The number of anilines is 1. The molecular weight excluding hydrogens is 208 g/mol. The Labute approximate surface area is 104 Å².